The minimum absolute atomic E-state index is 0.206. The summed E-state index contributed by atoms with van der Waals surface area (Å²) in [6.45, 7) is 2.10. The molecule has 0 amide bonds. The van der Waals surface area contributed by atoms with E-state index in [1.807, 2.05) is 6.07 Å². The Morgan fingerprint density at radius 3 is 2.90 bits per heavy atom. The molecule has 0 saturated carbocycles. The van der Waals surface area contributed by atoms with Crippen LogP contribution >= 0.6 is 0 Å². The second-order valence-electron chi connectivity index (χ2n) is 5.71. The van der Waals surface area contributed by atoms with E-state index in [1.54, 1.807) is 0 Å². The van der Waals surface area contributed by atoms with Crippen molar-refractivity contribution in [1.29, 1.82) is 0 Å². The van der Waals surface area contributed by atoms with Crippen LogP contribution in [-0.2, 0) is 6.42 Å². The zero-order valence-electron chi connectivity index (χ0n) is 11.5. The van der Waals surface area contributed by atoms with Crippen molar-refractivity contribution in [2.75, 3.05) is 0 Å². The monoisotopic (exact) mass is 263 g/mol. The maximum absolute atomic E-state index is 6.09. The summed E-state index contributed by atoms with van der Waals surface area (Å²) in [6, 6.07) is 15.1. The molecule has 20 heavy (non-hydrogen) atoms. The molecule has 2 nitrogen and oxygen atoms in total. The molecule has 0 radical (unpaired) electrons. The second kappa shape index (κ2) is 4.22. The predicted octanol–water partition coefficient (Wildman–Crippen LogP) is 4.35. The van der Waals surface area contributed by atoms with Crippen LogP contribution in [0.15, 0.2) is 46.9 Å². The van der Waals surface area contributed by atoms with Gasteiger partial charge in [-0.2, -0.15) is 0 Å². The van der Waals surface area contributed by atoms with Crippen LogP contribution in [0.25, 0.3) is 22.3 Å². The third kappa shape index (κ3) is 1.76. The number of hydrogen-bond acceptors (Lipinski definition) is 2. The van der Waals surface area contributed by atoms with Crippen LogP contribution in [0.1, 0.15) is 29.2 Å². The normalized spacial score (nSPS) is 17.6. The van der Waals surface area contributed by atoms with Crippen LogP contribution in [0.4, 0.5) is 0 Å². The van der Waals surface area contributed by atoms with E-state index in [9.17, 15) is 0 Å². The van der Waals surface area contributed by atoms with Gasteiger partial charge in [0, 0.05) is 17.0 Å². The summed E-state index contributed by atoms with van der Waals surface area (Å²) in [5.41, 5.74) is 12.1. The molecule has 1 atom stereocenters. The van der Waals surface area contributed by atoms with Crippen molar-refractivity contribution >= 4 is 11.0 Å². The number of hydrogen-bond donors (Lipinski definition) is 1. The summed E-state index contributed by atoms with van der Waals surface area (Å²) < 4.78 is 5.96. The van der Waals surface area contributed by atoms with Crippen LogP contribution in [0.2, 0.25) is 0 Å². The lowest BCUT2D eigenvalue weighted by Gasteiger charge is -2.05. The molecule has 0 bridgehead atoms. The lowest BCUT2D eigenvalue weighted by Crippen LogP contribution is -2.04. The summed E-state index contributed by atoms with van der Waals surface area (Å²) in [6.07, 6.45) is 2.13. The van der Waals surface area contributed by atoms with Gasteiger partial charge in [0.25, 0.3) is 0 Å². The predicted molar refractivity (Wildman–Crippen MR) is 81.6 cm³/mol. The van der Waals surface area contributed by atoms with Crippen molar-refractivity contribution in [2.45, 2.75) is 25.8 Å². The molecule has 4 rings (SSSR count). The van der Waals surface area contributed by atoms with Gasteiger partial charge in [-0.1, -0.05) is 23.8 Å². The van der Waals surface area contributed by atoms with Gasteiger partial charge in [-0.15, -0.1) is 0 Å². The van der Waals surface area contributed by atoms with E-state index in [0.717, 1.165) is 35.1 Å². The van der Waals surface area contributed by atoms with Gasteiger partial charge in [0.15, 0.2) is 0 Å². The Bertz CT molecular complexity index is 800. The first-order chi connectivity index (χ1) is 9.70. The zero-order valence-corrected chi connectivity index (χ0v) is 11.5. The second-order valence-corrected chi connectivity index (χ2v) is 5.71. The molecule has 0 spiro atoms. The van der Waals surface area contributed by atoms with Crippen LogP contribution in [0.5, 0.6) is 0 Å². The minimum atomic E-state index is 0.206. The quantitative estimate of drug-likeness (QED) is 0.708. The van der Waals surface area contributed by atoms with Crippen molar-refractivity contribution in [3.8, 4) is 11.3 Å². The molecule has 1 aromatic heterocycles. The van der Waals surface area contributed by atoms with E-state index >= 15 is 0 Å². The van der Waals surface area contributed by atoms with Gasteiger partial charge in [-0.3, -0.25) is 0 Å². The Morgan fingerprint density at radius 2 is 2.00 bits per heavy atom. The SMILES string of the molecule is Cc1ccc2oc(-c3ccc4c(c3)CCC4N)cc2c1. The molecule has 3 aromatic rings. The van der Waals surface area contributed by atoms with Gasteiger partial charge in [0.1, 0.15) is 11.3 Å². The fourth-order valence-electron chi connectivity index (χ4n) is 3.11. The molecule has 0 aliphatic heterocycles. The number of rotatable bonds is 1. The Morgan fingerprint density at radius 1 is 1.10 bits per heavy atom. The van der Waals surface area contributed by atoms with Crippen molar-refractivity contribution in [1.82, 2.24) is 0 Å². The highest BCUT2D eigenvalue weighted by Gasteiger charge is 2.19. The Balaban J connectivity index is 1.83. The summed E-state index contributed by atoms with van der Waals surface area (Å²) in [4.78, 5) is 0. The molecule has 2 aromatic carbocycles. The topological polar surface area (TPSA) is 39.2 Å². The van der Waals surface area contributed by atoms with Crippen molar-refractivity contribution < 1.29 is 4.42 Å². The van der Waals surface area contributed by atoms with Gasteiger partial charge >= 0.3 is 0 Å². The molecule has 0 saturated heterocycles. The third-order valence-corrected chi connectivity index (χ3v) is 4.22. The van der Waals surface area contributed by atoms with Crippen LogP contribution in [0, 0.1) is 6.92 Å². The Kier molecular flexibility index (Phi) is 2.48. The van der Waals surface area contributed by atoms with Gasteiger partial charge in [0.2, 0.25) is 0 Å². The van der Waals surface area contributed by atoms with Gasteiger partial charge < -0.3 is 10.2 Å². The Labute approximate surface area is 118 Å². The standard InChI is InChI=1S/C18H17NO/c1-11-2-7-17-14(8-11)10-18(20-17)13-3-5-15-12(9-13)4-6-16(15)19/h2-3,5,7-10,16H,4,6,19H2,1H3. The molecule has 2 N–H and O–H groups in total. The smallest absolute Gasteiger partial charge is 0.135 e. The fourth-order valence-corrected chi connectivity index (χ4v) is 3.11. The maximum atomic E-state index is 6.09. The molecule has 2 heteroatoms. The lowest BCUT2D eigenvalue weighted by atomic mass is 10.0. The van der Waals surface area contributed by atoms with E-state index in [0.29, 0.717) is 0 Å². The van der Waals surface area contributed by atoms with E-state index in [1.165, 1.54) is 16.7 Å². The maximum Gasteiger partial charge on any atom is 0.135 e. The number of furan rings is 1. The first kappa shape index (κ1) is 11.7. The van der Waals surface area contributed by atoms with E-state index < -0.39 is 0 Å². The molecule has 0 fully saturated rings. The van der Waals surface area contributed by atoms with Gasteiger partial charge in [-0.05, 0) is 55.2 Å². The average molecular weight is 263 g/mol. The van der Waals surface area contributed by atoms with E-state index in [2.05, 4.69) is 43.3 Å². The zero-order chi connectivity index (χ0) is 13.7. The molecular formula is C18H17NO. The molecule has 100 valence electrons. The van der Waals surface area contributed by atoms with Crippen LogP contribution in [0.3, 0.4) is 0 Å². The first-order valence-electron chi connectivity index (χ1n) is 7.10. The largest absolute Gasteiger partial charge is 0.456 e. The number of fused-ring (bicyclic) bond motifs is 2. The van der Waals surface area contributed by atoms with E-state index in [-0.39, 0.29) is 6.04 Å². The van der Waals surface area contributed by atoms with Crippen molar-refractivity contribution in [2.24, 2.45) is 5.73 Å². The highest BCUT2D eigenvalue weighted by molar-refractivity contribution is 5.83. The van der Waals surface area contributed by atoms with Crippen LogP contribution < -0.4 is 5.73 Å². The Hall–Kier alpha value is -2.06. The highest BCUT2D eigenvalue weighted by atomic mass is 16.3. The minimum Gasteiger partial charge on any atom is -0.456 e. The average Bonchev–Trinajstić information content (AvgIpc) is 3.02. The number of benzene rings is 2. The molecule has 1 unspecified atom stereocenters. The highest BCUT2D eigenvalue weighted by Crippen LogP contribution is 2.34. The summed E-state index contributed by atoms with van der Waals surface area (Å²) in [7, 11) is 0. The number of nitrogens with two attached hydrogens (primary N) is 1. The van der Waals surface area contributed by atoms with Crippen molar-refractivity contribution in [3.05, 3.63) is 59.2 Å². The van der Waals surface area contributed by atoms with Crippen LogP contribution in [-0.4, -0.2) is 0 Å². The van der Waals surface area contributed by atoms with Crippen molar-refractivity contribution in [3.63, 3.8) is 0 Å². The molecule has 1 aliphatic carbocycles. The van der Waals surface area contributed by atoms with E-state index in [4.69, 9.17) is 10.2 Å². The summed E-state index contributed by atoms with van der Waals surface area (Å²) in [5.74, 6) is 0.939. The summed E-state index contributed by atoms with van der Waals surface area (Å²) in [5, 5.41) is 1.16. The van der Waals surface area contributed by atoms with Gasteiger partial charge in [0.05, 0.1) is 0 Å². The fraction of sp³-hybridized carbons (Fsp3) is 0.222. The number of aryl methyl sites for hydroxylation is 2. The third-order valence-electron chi connectivity index (χ3n) is 4.22. The molecule has 1 heterocycles. The first-order valence-corrected chi connectivity index (χ1v) is 7.10. The summed E-state index contributed by atoms with van der Waals surface area (Å²) >= 11 is 0. The molecule has 1 aliphatic rings. The molecular weight excluding hydrogens is 246 g/mol. The van der Waals surface area contributed by atoms with Gasteiger partial charge in [-0.25, -0.2) is 0 Å². The lowest BCUT2D eigenvalue weighted by molar-refractivity contribution is 0.631.